The molecular formula is C15H23ClN2O. The van der Waals surface area contributed by atoms with Crippen molar-refractivity contribution in [3.63, 3.8) is 0 Å². The second-order valence-corrected chi connectivity index (χ2v) is 4.94. The molecule has 2 rings (SSSR count). The zero-order valence-electron chi connectivity index (χ0n) is 11.2. The smallest absolute Gasteiger partial charge is 0.221 e. The van der Waals surface area contributed by atoms with Gasteiger partial charge in [-0.15, -0.1) is 12.4 Å². The fourth-order valence-electron chi connectivity index (χ4n) is 2.39. The average Bonchev–Trinajstić information content (AvgIpc) is 2.89. The van der Waals surface area contributed by atoms with Gasteiger partial charge in [0.25, 0.3) is 0 Å². The first kappa shape index (κ1) is 16.0. The Bertz CT molecular complexity index is 364. The monoisotopic (exact) mass is 282 g/mol. The van der Waals surface area contributed by atoms with Gasteiger partial charge < -0.3 is 10.6 Å². The van der Waals surface area contributed by atoms with Crippen LogP contribution >= 0.6 is 12.4 Å². The first-order valence-corrected chi connectivity index (χ1v) is 6.88. The van der Waals surface area contributed by atoms with E-state index >= 15 is 0 Å². The Hall–Kier alpha value is -1.06. The number of amides is 1. The molecule has 0 aromatic heterocycles. The van der Waals surface area contributed by atoms with Crippen LogP contribution in [0.15, 0.2) is 30.3 Å². The van der Waals surface area contributed by atoms with Crippen molar-refractivity contribution in [2.24, 2.45) is 0 Å². The fraction of sp³-hybridized carbons (Fsp3) is 0.533. The van der Waals surface area contributed by atoms with Crippen molar-refractivity contribution in [1.82, 2.24) is 10.6 Å². The summed E-state index contributed by atoms with van der Waals surface area (Å²) < 4.78 is 0. The molecule has 1 aliphatic heterocycles. The lowest BCUT2D eigenvalue weighted by molar-refractivity contribution is -0.121. The Morgan fingerprint density at radius 3 is 2.79 bits per heavy atom. The molecule has 106 valence electrons. The lowest BCUT2D eigenvalue weighted by Gasteiger charge is -2.10. The highest BCUT2D eigenvalue weighted by atomic mass is 35.5. The van der Waals surface area contributed by atoms with Gasteiger partial charge in [-0.3, -0.25) is 4.79 Å². The van der Waals surface area contributed by atoms with Crippen LogP contribution in [0.1, 0.15) is 31.2 Å². The van der Waals surface area contributed by atoms with Crippen LogP contribution in [-0.4, -0.2) is 25.0 Å². The van der Waals surface area contributed by atoms with Crippen molar-refractivity contribution in [1.29, 1.82) is 0 Å². The van der Waals surface area contributed by atoms with Crippen LogP contribution in [0.5, 0.6) is 0 Å². The summed E-state index contributed by atoms with van der Waals surface area (Å²) in [5.74, 6) is 0.183. The Balaban J connectivity index is 0.00000180. The van der Waals surface area contributed by atoms with E-state index in [0.717, 1.165) is 32.4 Å². The van der Waals surface area contributed by atoms with Gasteiger partial charge in [0.05, 0.1) is 0 Å². The Kier molecular flexibility index (Phi) is 7.53. The summed E-state index contributed by atoms with van der Waals surface area (Å²) in [6.45, 7) is 1.84. The summed E-state index contributed by atoms with van der Waals surface area (Å²) in [7, 11) is 0. The zero-order valence-corrected chi connectivity index (χ0v) is 12.0. The Morgan fingerprint density at radius 2 is 2.11 bits per heavy atom. The molecule has 1 aromatic rings. The molecule has 0 spiro atoms. The van der Waals surface area contributed by atoms with E-state index in [1.165, 1.54) is 12.0 Å². The van der Waals surface area contributed by atoms with E-state index in [-0.39, 0.29) is 18.3 Å². The molecule has 3 nitrogen and oxygen atoms in total. The molecule has 1 atom stereocenters. The molecule has 1 aromatic carbocycles. The topological polar surface area (TPSA) is 41.1 Å². The summed E-state index contributed by atoms with van der Waals surface area (Å²) >= 11 is 0. The molecule has 0 radical (unpaired) electrons. The van der Waals surface area contributed by atoms with Crippen molar-refractivity contribution in [2.45, 2.75) is 38.1 Å². The standard InChI is InChI=1S/C15H22N2O.ClH/c18-15(12-14-9-5-10-16-14)17-11-4-8-13-6-2-1-3-7-13;/h1-3,6-7,14,16H,4-5,8-12H2,(H,17,18);1H. The summed E-state index contributed by atoms with van der Waals surface area (Å²) in [6, 6.07) is 10.8. The van der Waals surface area contributed by atoms with Crippen LogP contribution in [0, 0.1) is 0 Å². The highest BCUT2D eigenvalue weighted by Gasteiger charge is 2.16. The van der Waals surface area contributed by atoms with Gasteiger partial charge in [-0.2, -0.15) is 0 Å². The predicted molar refractivity (Wildman–Crippen MR) is 80.7 cm³/mol. The quantitative estimate of drug-likeness (QED) is 0.786. The Labute approximate surface area is 121 Å². The number of hydrogen-bond acceptors (Lipinski definition) is 2. The molecule has 0 bridgehead atoms. The minimum absolute atomic E-state index is 0. The van der Waals surface area contributed by atoms with E-state index in [1.807, 2.05) is 6.07 Å². The normalized spacial score (nSPS) is 17.8. The van der Waals surface area contributed by atoms with Crippen molar-refractivity contribution < 1.29 is 4.79 Å². The number of aryl methyl sites for hydroxylation is 1. The SMILES string of the molecule is Cl.O=C(CC1CCCN1)NCCCc1ccccc1. The van der Waals surface area contributed by atoms with Gasteiger partial charge in [0.1, 0.15) is 0 Å². The van der Waals surface area contributed by atoms with Crippen LogP contribution in [-0.2, 0) is 11.2 Å². The van der Waals surface area contributed by atoms with Gasteiger partial charge >= 0.3 is 0 Å². The molecule has 1 unspecified atom stereocenters. The maximum absolute atomic E-state index is 11.7. The van der Waals surface area contributed by atoms with Gasteiger partial charge in [-0.1, -0.05) is 30.3 Å². The molecular weight excluding hydrogens is 260 g/mol. The molecule has 2 N–H and O–H groups in total. The van der Waals surface area contributed by atoms with Gasteiger partial charge in [-0.25, -0.2) is 0 Å². The van der Waals surface area contributed by atoms with Gasteiger partial charge in [0.2, 0.25) is 5.91 Å². The average molecular weight is 283 g/mol. The molecule has 1 aliphatic rings. The van der Waals surface area contributed by atoms with Crippen molar-refractivity contribution in [3.8, 4) is 0 Å². The first-order chi connectivity index (χ1) is 8.84. The minimum Gasteiger partial charge on any atom is -0.356 e. The third kappa shape index (κ3) is 6.08. The summed E-state index contributed by atoms with van der Waals surface area (Å²) in [5, 5.41) is 6.34. The number of halogens is 1. The predicted octanol–water partition coefficient (Wildman–Crippen LogP) is 2.30. The van der Waals surface area contributed by atoms with Crippen LogP contribution in [0.4, 0.5) is 0 Å². The summed E-state index contributed by atoms with van der Waals surface area (Å²) in [5.41, 5.74) is 1.34. The molecule has 1 heterocycles. The van der Waals surface area contributed by atoms with Crippen molar-refractivity contribution in [3.05, 3.63) is 35.9 Å². The highest BCUT2D eigenvalue weighted by molar-refractivity contribution is 5.85. The Morgan fingerprint density at radius 1 is 1.32 bits per heavy atom. The third-order valence-electron chi connectivity index (χ3n) is 3.40. The fourth-order valence-corrected chi connectivity index (χ4v) is 2.39. The van der Waals surface area contributed by atoms with E-state index in [4.69, 9.17) is 0 Å². The van der Waals surface area contributed by atoms with Gasteiger partial charge in [-0.05, 0) is 37.8 Å². The highest BCUT2D eigenvalue weighted by Crippen LogP contribution is 2.08. The van der Waals surface area contributed by atoms with Crippen molar-refractivity contribution >= 4 is 18.3 Å². The second kappa shape index (κ2) is 8.94. The van der Waals surface area contributed by atoms with Crippen molar-refractivity contribution in [2.75, 3.05) is 13.1 Å². The maximum Gasteiger partial charge on any atom is 0.221 e. The lowest BCUT2D eigenvalue weighted by Crippen LogP contribution is -2.32. The lowest BCUT2D eigenvalue weighted by atomic mass is 10.1. The van der Waals surface area contributed by atoms with Crippen LogP contribution < -0.4 is 10.6 Å². The minimum atomic E-state index is 0. The summed E-state index contributed by atoms with van der Waals surface area (Å²) in [6.07, 6.45) is 5.01. The number of rotatable bonds is 6. The first-order valence-electron chi connectivity index (χ1n) is 6.88. The van der Waals surface area contributed by atoms with E-state index in [9.17, 15) is 4.79 Å². The summed E-state index contributed by atoms with van der Waals surface area (Å²) in [4.78, 5) is 11.7. The molecule has 19 heavy (non-hydrogen) atoms. The van der Waals surface area contributed by atoms with E-state index in [1.54, 1.807) is 0 Å². The van der Waals surface area contributed by atoms with Crippen LogP contribution in [0.3, 0.4) is 0 Å². The number of hydrogen-bond donors (Lipinski definition) is 2. The zero-order chi connectivity index (χ0) is 12.6. The molecule has 0 aliphatic carbocycles. The number of carbonyl (C=O) groups is 1. The third-order valence-corrected chi connectivity index (χ3v) is 3.40. The number of benzene rings is 1. The molecule has 0 saturated carbocycles. The van der Waals surface area contributed by atoms with Gasteiger partial charge in [0, 0.05) is 19.0 Å². The molecule has 4 heteroatoms. The van der Waals surface area contributed by atoms with E-state index in [2.05, 4.69) is 34.9 Å². The van der Waals surface area contributed by atoms with Crippen LogP contribution in [0.2, 0.25) is 0 Å². The maximum atomic E-state index is 11.7. The van der Waals surface area contributed by atoms with Crippen LogP contribution in [0.25, 0.3) is 0 Å². The molecule has 1 fully saturated rings. The largest absolute Gasteiger partial charge is 0.356 e. The second-order valence-electron chi connectivity index (χ2n) is 4.94. The van der Waals surface area contributed by atoms with E-state index in [0.29, 0.717) is 12.5 Å². The van der Waals surface area contributed by atoms with Gasteiger partial charge in [0.15, 0.2) is 0 Å². The molecule has 1 amide bonds. The number of carbonyl (C=O) groups excluding carboxylic acids is 1. The molecule has 1 saturated heterocycles. The van der Waals surface area contributed by atoms with E-state index < -0.39 is 0 Å². The number of nitrogens with one attached hydrogen (secondary N) is 2.